The van der Waals surface area contributed by atoms with E-state index >= 15 is 0 Å². The first-order valence-electron chi connectivity index (χ1n) is 10.2. The van der Waals surface area contributed by atoms with Gasteiger partial charge in [0.15, 0.2) is 5.11 Å². The van der Waals surface area contributed by atoms with Gasteiger partial charge in [-0.05, 0) is 75.3 Å². The van der Waals surface area contributed by atoms with E-state index in [9.17, 15) is 0 Å². The summed E-state index contributed by atoms with van der Waals surface area (Å²) in [4.78, 5) is 13.6. The number of aryl methyl sites for hydroxylation is 4. The Bertz CT molecular complexity index is 1100. The van der Waals surface area contributed by atoms with Crippen LogP contribution in [0.5, 0.6) is 5.75 Å². The molecule has 1 heterocycles. The van der Waals surface area contributed by atoms with Gasteiger partial charge in [-0.25, -0.2) is 15.0 Å². The highest BCUT2D eigenvalue weighted by molar-refractivity contribution is 7.80. The van der Waals surface area contributed by atoms with Gasteiger partial charge in [0.2, 0.25) is 11.9 Å². The molecular weight excluding hydrogens is 420 g/mol. The van der Waals surface area contributed by atoms with Crippen LogP contribution in [-0.2, 0) is 6.54 Å². The first kappa shape index (κ1) is 23.1. The first-order valence-corrected chi connectivity index (χ1v) is 10.6. The van der Waals surface area contributed by atoms with Gasteiger partial charge in [-0.15, -0.1) is 0 Å². The van der Waals surface area contributed by atoms with Crippen LogP contribution in [0.4, 0.5) is 11.6 Å². The second-order valence-corrected chi connectivity index (χ2v) is 7.94. The molecule has 32 heavy (non-hydrogen) atoms. The van der Waals surface area contributed by atoms with E-state index in [2.05, 4.69) is 37.0 Å². The molecule has 0 atom stereocenters. The summed E-state index contributed by atoms with van der Waals surface area (Å²) >= 11 is 5.54. The number of thiocarbonyl (C=S) groups is 1. The zero-order valence-electron chi connectivity index (χ0n) is 19.0. The van der Waals surface area contributed by atoms with Crippen LogP contribution >= 0.6 is 12.2 Å². The summed E-state index contributed by atoms with van der Waals surface area (Å²) in [5.41, 5.74) is 5.89. The molecule has 0 unspecified atom stereocenters. The number of ether oxygens (including phenoxy) is 1. The summed E-state index contributed by atoms with van der Waals surface area (Å²) in [6.07, 6.45) is 0. The molecule has 0 amide bonds. The zero-order chi connectivity index (χ0) is 23.1. The van der Waals surface area contributed by atoms with Crippen LogP contribution in [0.3, 0.4) is 0 Å². The van der Waals surface area contributed by atoms with Crippen LogP contribution in [0, 0.1) is 27.7 Å². The van der Waals surface area contributed by atoms with Crippen LogP contribution in [0.15, 0.2) is 53.5 Å². The van der Waals surface area contributed by atoms with Crippen molar-refractivity contribution in [2.75, 3.05) is 17.7 Å². The highest BCUT2D eigenvalue weighted by atomic mass is 32.1. The zero-order valence-corrected chi connectivity index (χ0v) is 19.8. The van der Waals surface area contributed by atoms with Crippen molar-refractivity contribution >= 4 is 34.9 Å². The second-order valence-electron chi connectivity index (χ2n) is 7.53. The molecule has 7 nitrogen and oxygen atoms in total. The van der Waals surface area contributed by atoms with Crippen LogP contribution in [-0.4, -0.2) is 28.1 Å². The number of guanidine groups is 1. The van der Waals surface area contributed by atoms with Gasteiger partial charge in [-0.3, -0.25) is 5.32 Å². The lowest BCUT2D eigenvalue weighted by Crippen LogP contribution is -2.39. The van der Waals surface area contributed by atoms with E-state index in [4.69, 9.17) is 17.0 Å². The van der Waals surface area contributed by atoms with Gasteiger partial charge in [-0.2, -0.15) is 0 Å². The molecule has 2 aromatic carbocycles. The Morgan fingerprint density at radius 2 is 1.59 bits per heavy atom. The van der Waals surface area contributed by atoms with E-state index in [1.165, 1.54) is 0 Å². The quantitative estimate of drug-likeness (QED) is 0.297. The normalized spacial score (nSPS) is 11.1. The minimum Gasteiger partial charge on any atom is -0.496 e. The number of hydrogen-bond donors (Lipinski definition) is 3. The molecule has 3 rings (SSSR count). The average molecular weight is 449 g/mol. The second kappa shape index (κ2) is 10.7. The fraction of sp³-hybridized carbons (Fsp3) is 0.250. The van der Waals surface area contributed by atoms with Gasteiger partial charge < -0.3 is 15.4 Å². The molecule has 0 aliphatic carbocycles. The van der Waals surface area contributed by atoms with E-state index in [1.54, 1.807) is 7.11 Å². The molecule has 166 valence electrons. The third-order valence-electron chi connectivity index (χ3n) is 4.52. The molecule has 0 fully saturated rings. The monoisotopic (exact) mass is 448 g/mol. The largest absolute Gasteiger partial charge is 0.496 e. The molecule has 0 aliphatic heterocycles. The van der Waals surface area contributed by atoms with Crippen molar-refractivity contribution in [3.05, 3.63) is 76.6 Å². The smallest absolute Gasteiger partial charge is 0.229 e. The number of anilines is 2. The van der Waals surface area contributed by atoms with E-state index < -0.39 is 0 Å². The number of hydrogen-bond acceptors (Lipinski definition) is 5. The minimum absolute atomic E-state index is 0.385. The van der Waals surface area contributed by atoms with E-state index in [0.29, 0.717) is 23.6 Å². The maximum absolute atomic E-state index is 5.54. The summed E-state index contributed by atoms with van der Waals surface area (Å²) in [5, 5.41) is 9.92. The molecule has 0 saturated carbocycles. The molecule has 3 N–H and O–H groups in total. The third kappa shape index (κ3) is 6.75. The van der Waals surface area contributed by atoms with Crippen molar-refractivity contribution < 1.29 is 4.74 Å². The van der Waals surface area contributed by atoms with Crippen LogP contribution in [0.2, 0.25) is 0 Å². The Kier molecular flexibility index (Phi) is 7.72. The van der Waals surface area contributed by atoms with Crippen molar-refractivity contribution in [2.24, 2.45) is 4.99 Å². The maximum atomic E-state index is 5.54. The molecular formula is C24H28N6OS. The van der Waals surface area contributed by atoms with Crippen molar-refractivity contribution in [1.82, 2.24) is 15.3 Å². The molecule has 0 bridgehead atoms. The molecule has 1 aromatic heterocycles. The highest BCUT2D eigenvalue weighted by Gasteiger charge is 2.09. The molecule has 0 spiro atoms. The van der Waals surface area contributed by atoms with Crippen molar-refractivity contribution in [3.63, 3.8) is 0 Å². The van der Waals surface area contributed by atoms with Gasteiger partial charge in [0.05, 0.1) is 13.7 Å². The summed E-state index contributed by atoms with van der Waals surface area (Å²) in [6.45, 7) is 8.33. The number of benzene rings is 2. The number of nitrogens with zero attached hydrogens (tertiary/aromatic N) is 3. The number of para-hydroxylation sites is 1. The minimum atomic E-state index is 0.385. The summed E-state index contributed by atoms with van der Waals surface area (Å²) in [7, 11) is 1.65. The van der Waals surface area contributed by atoms with Gasteiger partial charge in [0, 0.05) is 22.6 Å². The van der Waals surface area contributed by atoms with Crippen LogP contribution < -0.4 is 20.7 Å². The molecule has 3 aromatic rings. The Hall–Kier alpha value is -3.52. The lowest BCUT2D eigenvalue weighted by atomic mass is 10.1. The van der Waals surface area contributed by atoms with Crippen molar-refractivity contribution in [3.8, 4) is 5.75 Å². The predicted molar refractivity (Wildman–Crippen MR) is 135 cm³/mol. The fourth-order valence-corrected chi connectivity index (χ4v) is 3.53. The van der Waals surface area contributed by atoms with E-state index in [1.807, 2.05) is 70.2 Å². The molecule has 0 aliphatic rings. The number of methoxy groups -OCH3 is 1. The number of rotatable bonds is 5. The van der Waals surface area contributed by atoms with Gasteiger partial charge in [0.25, 0.3) is 0 Å². The third-order valence-corrected chi connectivity index (χ3v) is 4.73. The summed E-state index contributed by atoms with van der Waals surface area (Å²) in [6, 6.07) is 15.9. The number of aromatic nitrogens is 2. The Balaban J connectivity index is 1.82. The number of nitrogens with one attached hydrogen (secondary N) is 3. The van der Waals surface area contributed by atoms with Crippen LogP contribution in [0.25, 0.3) is 0 Å². The van der Waals surface area contributed by atoms with Gasteiger partial charge >= 0.3 is 0 Å². The average Bonchev–Trinajstić information content (AvgIpc) is 2.70. The topological polar surface area (TPSA) is 83.5 Å². The summed E-state index contributed by atoms with van der Waals surface area (Å²) in [5.74, 6) is 1.65. The molecule has 0 saturated heterocycles. The summed E-state index contributed by atoms with van der Waals surface area (Å²) < 4.78 is 5.44. The predicted octanol–water partition coefficient (Wildman–Crippen LogP) is 4.67. The molecule has 8 heteroatoms. The maximum Gasteiger partial charge on any atom is 0.229 e. The van der Waals surface area contributed by atoms with Gasteiger partial charge in [0.1, 0.15) is 5.75 Å². The fourth-order valence-electron chi connectivity index (χ4n) is 3.31. The molecule has 0 radical (unpaired) electrons. The van der Waals surface area contributed by atoms with Crippen molar-refractivity contribution in [2.45, 2.75) is 34.2 Å². The SMILES string of the molecule is COc1ccccc1CN=C(NC(=S)Nc1cc(C)cc(C)c1)Nc1nc(C)cc(C)n1. The van der Waals surface area contributed by atoms with E-state index in [-0.39, 0.29) is 0 Å². The Morgan fingerprint density at radius 1 is 0.938 bits per heavy atom. The highest BCUT2D eigenvalue weighted by Crippen LogP contribution is 2.18. The lowest BCUT2D eigenvalue weighted by Gasteiger charge is -2.15. The van der Waals surface area contributed by atoms with E-state index in [0.717, 1.165) is 39.5 Å². The van der Waals surface area contributed by atoms with Crippen molar-refractivity contribution in [1.29, 1.82) is 0 Å². The Labute approximate surface area is 194 Å². The standard InChI is InChI=1S/C24H28N6OS/c1-15-10-16(2)12-20(11-15)28-24(32)30-22(29-23-26-17(3)13-18(4)27-23)25-14-19-8-6-7-9-21(19)31-5/h6-13H,14H2,1-5H3,(H3,25,26,27,28,29,30,32). The number of aliphatic imine (C=N–C) groups is 1. The first-order chi connectivity index (χ1) is 15.3. The Morgan fingerprint density at radius 3 is 2.25 bits per heavy atom. The lowest BCUT2D eigenvalue weighted by molar-refractivity contribution is 0.410. The van der Waals surface area contributed by atoms with Gasteiger partial charge in [-0.1, -0.05) is 24.3 Å². The van der Waals surface area contributed by atoms with Crippen LogP contribution in [0.1, 0.15) is 28.1 Å².